The third kappa shape index (κ3) is 6.04. The summed E-state index contributed by atoms with van der Waals surface area (Å²) >= 11 is 6.09. The number of hydrogen-bond donors (Lipinski definition) is 2. The number of methoxy groups -OCH3 is 1. The van der Waals surface area contributed by atoms with Gasteiger partial charge in [0, 0.05) is 19.7 Å². The lowest BCUT2D eigenvalue weighted by Gasteiger charge is -2.12. The maximum absolute atomic E-state index is 12.5. The standard InChI is InChI=1S/C19H23ClN2O4S/c1-13(2)22-27(24,25)16-8-9-18(20)17(10-16)19(23)21-11-14-4-6-15(7-5-14)12-26-3/h4-10,13,22H,11-12H2,1-3H3,(H,21,23). The third-order valence-electron chi connectivity index (χ3n) is 3.67. The van der Waals surface area contributed by atoms with Gasteiger partial charge in [-0.05, 0) is 43.2 Å². The number of sulfonamides is 1. The molecule has 2 aromatic carbocycles. The molecule has 2 rings (SSSR count). The molecule has 0 aliphatic heterocycles. The van der Waals surface area contributed by atoms with Crippen molar-refractivity contribution in [3.63, 3.8) is 0 Å². The number of rotatable bonds is 8. The van der Waals surface area contributed by atoms with E-state index in [9.17, 15) is 13.2 Å². The summed E-state index contributed by atoms with van der Waals surface area (Å²) in [5, 5.41) is 2.94. The van der Waals surface area contributed by atoms with E-state index in [0.29, 0.717) is 13.2 Å². The highest BCUT2D eigenvalue weighted by molar-refractivity contribution is 7.89. The molecule has 0 aromatic heterocycles. The zero-order chi connectivity index (χ0) is 20.0. The van der Waals surface area contributed by atoms with E-state index in [1.165, 1.54) is 18.2 Å². The van der Waals surface area contributed by atoms with Crippen molar-refractivity contribution < 1.29 is 17.9 Å². The van der Waals surface area contributed by atoms with E-state index in [4.69, 9.17) is 16.3 Å². The van der Waals surface area contributed by atoms with E-state index in [1.54, 1.807) is 21.0 Å². The molecule has 0 heterocycles. The summed E-state index contributed by atoms with van der Waals surface area (Å²) in [7, 11) is -2.08. The summed E-state index contributed by atoms with van der Waals surface area (Å²) in [6, 6.07) is 11.4. The largest absolute Gasteiger partial charge is 0.380 e. The molecule has 27 heavy (non-hydrogen) atoms. The second-order valence-corrected chi connectivity index (χ2v) is 8.47. The first kappa shape index (κ1) is 21.4. The van der Waals surface area contributed by atoms with Crippen LogP contribution in [-0.2, 0) is 27.9 Å². The van der Waals surface area contributed by atoms with Crippen molar-refractivity contribution in [1.29, 1.82) is 0 Å². The zero-order valence-electron chi connectivity index (χ0n) is 15.5. The van der Waals surface area contributed by atoms with Gasteiger partial charge in [0.05, 0.1) is 22.1 Å². The lowest BCUT2D eigenvalue weighted by molar-refractivity contribution is 0.0951. The van der Waals surface area contributed by atoms with Crippen LogP contribution in [0.4, 0.5) is 0 Å². The van der Waals surface area contributed by atoms with Crippen LogP contribution in [0.5, 0.6) is 0 Å². The van der Waals surface area contributed by atoms with E-state index < -0.39 is 15.9 Å². The van der Waals surface area contributed by atoms with Crippen LogP contribution in [0.25, 0.3) is 0 Å². The Balaban J connectivity index is 2.12. The minimum atomic E-state index is -3.71. The fourth-order valence-electron chi connectivity index (χ4n) is 2.42. The van der Waals surface area contributed by atoms with Gasteiger partial charge in [-0.25, -0.2) is 13.1 Å². The predicted octanol–water partition coefficient (Wildman–Crippen LogP) is 3.10. The number of halogens is 1. The SMILES string of the molecule is COCc1ccc(CNC(=O)c2cc(S(=O)(=O)NC(C)C)ccc2Cl)cc1. The molecule has 2 N–H and O–H groups in total. The van der Waals surface area contributed by atoms with E-state index in [2.05, 4.69) is 10.0 Å². The van der Waals surface area contributed by atoms with Crippen molar-refractivity contribution >= 4 is 27.5 Å². The predicted molar refractivity (Wildman–Crippen MR) is 105 cm³/mol. The van der Waals surface area contributed by atoms with E-state index >= 15 is 0 Å². The topological polar surface area (TPSA) is 84.5 Å². The lowest BCUT2D eigenvalue weighted by Crippen LogP contribution is -2.30. The Morgan fingerprint density at radius 1 is 1.11 bits per heavy atom. The smallest absolute Gasteiger partial charge is 0.253 e. The van der Waals surface area contributed by atoms with E-state index in [0.717, 1.165) is 11.1 Å². The van der Waals surface area contributed by atoms with Crippen molar-refractivity contribution in [2.45, 2.75) is 37.9 Å². The Morgan fingerprint density at radius 2 is 1.74 bits per heavy atom. The van der Waals surface area contributed by atoms with Crippen LogP contribution in [0.15, 0.2) is 47.4 Å². The Bertz CT molecular complexity index is 896. The summed E-state index contributed by atoms with van der Waals surface area (Å²) in [6.07, 6.45) is 0. The van der Waals surface area contributed by atoms with Crippen molar-refractivity contribution in [1.82, 2.24) is 10.0 Å². The summed E-state index contributed by atoms with van der Waals surface area (Å²) in [4.78, 5) is 12.5. The van der Waals surface area contributed by atoms with E-state index in [1.807, 2.05) is 24.3 Å². The highest BCUT2D eigenvalue weighted by atomic mass is 35.5. The van der Waals surface area contributed by atoms with Crippen LogP contribution in [0.2, 0.25) is 5.02 Å². The number of benzene rings is 2. The maximum Gasteiger partial charge on any atom is 0.253 e. The molecular weight excluding hydrogens is 388 g/mol. The number of nitrogens with one attached hydrogen (secondary N) is 2. The summed E-state index contributed by atoms with van der Waals surface area (Å²) in [5.74, 6) is -0.442. The van der Waals surface area contributed by atoms with Gasteiger partial charge >= 0.3 is 0 Å². The van der Waals surface area contributed by atoms with Crippen molar-refractivity contribution in [2.75, 3.05) is 7.11 Å². The van der Waals surface area contributed by atoms with Crippen LogP contribution in [0.3, 0.4) is 0 Å². The number of amides is 1. The normalized spacial score (nSPS) is 11.6. The van der Waals surface area contributed by atoms with Gasteiger partial charge in [-0.1, -0.05) is 35.9 Å². The Labute approximate surface area is 164 Å². The van der Waals surface area contributed by atoms with E-state index in [-0.39, 0.29) is 21.5 Å². The minimum Gasteiger partial charge on any atom is -0.380 e. The average molecular weight is 411 g/mol. The average Bonchev–Trinajstić information content (AvgIpc) is 2.60. The van der Waals surface area contributed by atoms with Gasteiger partial charge in [0.1, 0.15) is 0 Å². The second-order valence-electron chi connectivity index (χ2n) is 6.35. The molecule has 0 atom stereocenters. The van der Waals surface area contributed by atoms with Crippen LogP contribution in [0.1, 0.15) is 35.3 Å². The lowest BCUT2D eigenvalue weighted by atomic mass is 10.1. The first-order chi connectivity index (χ1) is 12.7. The molecule has 0 spiro atoms. The monoisotopic (exact) mass is 410 g/mol. The molecule has 6 nitrogen and oxygen atoms in total. The van der Waals surface area contributed by atoms with Gasteiger partial charge in [-0.15, -0.1) is 0 Å². The fourth-order valence-corrected chi connectivity index (χ4v) is 3.90. The number of carbonyl (C=O) groups excluding carboxylic acids is 1. The van der Waals surface area contributed by atoms with Crippen LogP contribution in [-0.4, -0.2) is 27.5 Å². The Morgan fingerprint density at radius 3 is 2.33 bits per heavy atom. The van der Waals surface area contributed by atoms with Crippen molar-refractivity contribution in [3.05, 3.63) is 64.2 Å². The molecule has 2 aromatic rings. The number of ether oxygens (including phenoxy) is 1. The molecular formula is C19H23ClN2O4S. The van der Waals surface area contributed by atoms with Crippen molar-refractivity contribution in [3.8, 4) is 0 Å². The zero-order valence-corrected chi connectivity index (χ0v) is 17.0. The highest BCUT2D eigenvalue weighted by Gasteiger charge is 2.19. The molecule has 0 unspecified atom stereocenters. The second kappa shape index (κ2) is 9.32. The van der Waals surface area contributed by atoms with Gasteiger partial charge in [-0.2, -0.15) is 0 Å². The molecule has 0 aliphatic carbocycles. The Hall–Kier alpha value is -1.93. The van der Waals surface area contributed by atoms with Gasteiger partial charge in [0.2, 0.25) is 10.0 Å². The van der Waals surface area contributed by atoms with Crippen molar-refractivity contribution in [2.24, 2.45) is 0 Å². The van der Waals surface area contributed by atoms with Crippen LogP contribution >= 0.6 is 11.6 Å². The number of hydrogen-bond acceptors (Lipinski definition) is 4. The van der Waals surface area contributed by atoms with Gasteiger partial charge in [0.15, 0.2) is 0 Å². The summed E-state index contributed by atoms with van der Waals surface area (Å²) < 4.78 is 32.1. The molecule has 0 radical (unpaired) electrons. The first-order valence-corrected chi connectivity index (χ1v) is 10.3. The van der Waals surface area contributed by atoms with Crippen LogP contribution in [0, 0.1) is 0 Å². The molecule has 0 saturated heterocycles. The fraction of sp³-hybridized carbons (Fsp3) is 0.316. The molecule has 8 heteroatoms. The first-order valence-electron chi connectivity index (χ1n) is 8.40. The highest BCUT2D eigenvalue weighted by Crippen LogP contribution is 2.21. The molecule has 0 saturated carbocycles. The quantitative estimate of drug-likeness (QED) is 0.700. The Kier molecular flexibility index (Phi) is 7.38. The molecule has 1 amide bonds. The van der Waals surface area contributed by atoms with Crippen LogP contribution < -0.4 is 10.0 Å². The minimum absolute atomic E-state index is 0.00494. The molecule has 0 aliphatic rings. The third-order valence-corrected chi connectivity index (χ3v) is 5.66. The molecule has 146 valence electrons. The van der Waals surface area contributed by atoms with Gasteiger partial charge < -0.3 is 10.1 Å². The summed E-state index contributed by atoms with van der Waals surface area (Å²) in [5.41, 5.74) is 2.05. The van der Waals surface area contributed by atoms with Gasteiger partial charge in [-0.3, -0.25) is 4.79 Å². The number of carbonyl (C=O) groups is 1. The maximum atomic E-state index is 12.5. The molecule has 0 fully saturated rings. The summed E-state index contributed by atoms with van der Waals surface area (Å²) in [6.45, 7) is 4.26. The molecule has 0 bridgehead atoms. The van der Waals surface area contributed by atoms with Gasteiger partial charge in [0.25, 0.3) is 5.91 Å².